The lowest BCUT2D eigenvalue weighted by Crippen LogP contribution is -2.18. The van der Waals surface area contributed by atoms with E-state index in [2.05, 4.69) is 45.5 Å². The summed E-state index contributed by atoms with van der Waals surface area (Å²) < 4.78 is 12.6. The summed E-state index contributed by atoms with van der Waals surface area (Å²) in [6.07, 6.45) is 0.920. The average Bonchev–Trinajstić information content (AvgIpc) is 2.75. The summed E-state index contributed by atoms with van der Waals surface area (Å²) in [5.74, 6) is 1.66. The predicted molar refractivity (Wildman–Crippen MR) is 87.1 cm³/mol. The van der Waals surface area contributed by atoms with Gasteiger partial charge in [0, 0.05) is 10.9 Å². The molecule has 21 heavy (non-hydrogen) atoms. The van der Waals surface area contributed by atoms with Crippen molar-refractivity contribution in [1.29, 1.82) is 0 Å². The summed E-state index contributed by atoms with van der Waals surface area (Å²) in [5.41, 5.74) is 2.36. The van der Waals surface area contributed by atoms with Crippen LogP contribution in [0.5, 0.6) is 11.5 Å². The minimum absolute atomic E-state index is 0.109. The Balaban J connectivity index is 1.98. The molecule has 1 unspecified atom stereocenters. The van der Waals surface area contributed by atoms with E-state index in [-0.39, 0.29) is 6.04 Å². The van der Waals surface area contributed by atoms with Gasteiger partial charge in [-0.15, -0.1) is 0 Å². The quantitative estimate of drug-likeness (QED) is 0.912. The van der Waals surface area contributed by atoms with Crippen LogP contribution in [0.1, 0.15) is 23.6 Å². The first kappa shape index (κ1) is 14.4. The van der Waals surface area contributed by atoms with E-state index in [1.54, 1.807) is 0 Å². The number of hydrogen-bond acceptors (Lipinski definition) is 3. The molecule has 4 heteroatoms. The van der Waals surface area contributed by atoms with Gasteiger partial charge in [-0.1, -0.05) is 40.2 Å². The number of halogens is 1. The van der Waals surface area contributed by atoms with Crippen LogP contribution >= 0.6 is 15.9 Å². The molecule has 0 spiro atoms. The molecule has 1 aliphatic rings. The number of ether oxygens (including phenoxy) is 2. The smallest absolute Gasteiger partial charge is 0.161 e. The standard InChI is InChI=1S/C17H18BrNO2/c1-19-17(13-5-2-3-6-14(13)18)12-7-8-15-16(11-12)21-10-4-9-20-15/h2-3,5-8,11,17,19H,4,9-10H2,1H3. The van der Waals surface area contributed by atoms with E-state index >= 15 is 0 Å². The molecule has 0 saturated heterocycles. The Bertz CT molecular complexity index is 630. The molecular formula is C17H18BrNO2. The molecule has 3 rings (SSSR count). The van der Waals surface area contributed by atoms with E-state index in [0.29, 0.717) is 13.2 Å². The predicted octanol–water partition coefficient (Wildman–Crippen LogP) is 3.92. The minimum atomic E-state index is 0.109. The summed E-state index contributed by atoms with van der Waals surface area (Å²) >= 11 is 3.63. The van der Waals surface area contributed by atoms with E-state index in [4.69, 9.17) is 9.47 Å². The highest BCUT2D eigenvalue weighted by atomic mass is 79.9. The van der Waals surface area contributed by atoms with E-state index in [9.17, 15) is 0 Å². The molecule has 0 bridgehead atoms. The van der Waals surface area contributed by atoms with Gasteiger partial charge in [0.2, 0.25) is 0 Å². The molecular weight excluding hydrogens is 330 g/mol. The van der Waals surface area contributed by atoms with Gasteiger partial charge in [0.25, 0.3) is 0 Å². The van der Waals surface area contributed by atoms with E-state index in [1.165, 1.54) is 5.56 Å². The number of fused-ring (bicyclic) bond motifs is 1. The fourth-order valence-corrected chi connectivity index (χ4v) is 3.08. The molecule has 0 saturated carbocycles. The van der Waals surface area contributed by atoms with Gasteiger partial charge in [0.1, 0.15) is 0 Å². The summed E-state index contributed by atoms with van der Waals surface area (Å²) in [5, 5.41) is 3.37. The van der Waals surface area contributed by atoms with Crippen LogP contribution in [0.4, 0.5) is 0 Å². The van der Waals surface area contributed by atoms with Crippen molar-refractivity contribution < 1.29 is 9.47 Å². The summed E-state index contributed by atoms with van der Waals surface area (Å²) in [6, 6.07) is 14.5. The van der Waals surface area contributed by atoms with Crippen molar-refractivity contribution in [3.63, 3.8) is 0 Å². The van der Waals surface area contributed by atoms with E-state index < -0.39 is 0 Å². The van der Waals surface area contributed by atoms with Crippen LogP contribution in [0, 0.1) is 0 Å². The van der Waals surface area contributed by atoms with Crippen molar-refractivity contribution in [2.45, 2.75) is 12.5 Å². The highest BCUT2D eigenvalue weighted by molar-refractivity contribution is 9.10. The maximum atomic E-state index is 5.79. The van der Waals surface area contributed by atoms with Gasteiger partial charge in [-0.25, -0.2) is 0 Å². The van der Waals surface area contributed by atoms with Gasteiger partial charge < -0.3 is 14.8 Å². The van der Waals surface area contributed by atoms with Crippen LogP contribution in [0.15, 0.2) is 46.9 Å². The largest absolute Gasteiger partial charge is 0.490 e. The van der Waals surface area contributed by atoms with Crippen LogP contribution in [0.3, 0.4) is 0 Å². The number of benzene rings is 2. The summed E-state index contributed by atoms with van der Waals surface area (Å²) in [6.45, 7) is 1.42. The Morgan fingerprint density at radius 2 is 1.81 bits per heavy atom. The Morgan fingerprint density at radius 1 is 1.05 bits per heavy atom. The molecule has 0 aliphatic carbocycles. The summed E-state index contributed by atoms with van der Waals surface area (Å²) in [7, 11) is 1.97. The second kappa shape index (κ2) is 6.50. The minimum Gasteiger partial charge on any atom is -0.490 e. The molecule has 0 aromatic heterocycles. The van der Waals surface area contributed by atoms with Gasteiger partial charge in [-0.05, 0) is 36.4 Å². The Hall–Kier alpha value is -1.52. The Labute approximate surface area is 133 Å². The molecule has 110 valence electrons. The SMILES string of the molecule is CNC(c1ccc2c(c1)OCCCO2)c1ccccc1Br. The first-order valence-corrected chi connectivity index (χ1v) is 7.90. The zero-order valence-electron chi connectivity index (χ0n) is 11.9. The fourth-order valence-electron chi connectivity index (χ4n) is 2.57. The van der Waals surface area contributed by atoms with Crippen molar-refractivity contribution in [3.05, 3.63) is 58.1 Å². The lowest BCUT2D eigenvalue weighted by Gasteiger charge is -2.20. The molecule has 2 aromatic rings. The van der Waals surface area contributed by atoms with Gasteiger partial charge >= 0.3 is 0 Å². The molecule has 2 aromatic carbocycles. The first-order chi connectivity index (χ1) is 10.3. The zero-order chi connectivity index (χ0) is 14.7. The Morgan fingerprint density at radius 3 is 2.57 bits per heavy atom. The molecule has 0 fully saturated rings. The third-order valence-electron chi connectivity index (χ3n) is 3.61. The summed E-state index contributed by atoms with van der Waals surface area (Å²) in [4.78, 5) is 0. The monoisotopic (exact) mass is 347 g/mol. The first-order valence-electron chi connectivity index (χ1n) is 7.11. The van der Waals surface area contributed by atoms with Crippen LogP contribution in [0.25, 0.3) is 0 Å². The van der Waals surface area contributed by atoms with Crippen LogP contribution in [-0.4, -0.2) is 20.3 Å². The normalized spacial score (nSPS) is 15.3. The van der Waals surface area contributed by atoms with Crippen molar-refractivity contribution >= 4 is 15.9 Å². The zero-order valence-corrected chi connectivity index (χ0v) is 13.5. The van der Waals surface area contributed by atoms with Crippen molar-refractivity contribution in [1.82, 2.24) is 5.32 Å². The molecule has 1 aliphatic heterocycles. The lowest BCUT2D eigenvalue weighted by molar-refractivity contribution is 0.297. The fraction of sp³-hybridized carbons (Fsp3) is 0.294. The van der Waals surface area contributed by atoms with Gasteiger partial charge in [-0.2, -0.15) is 0 Å². The van der Waals surface area contributed by atoms with Gasteiger partial charge in [-0.3, -0.25) is 0 Å². The van der Waals surface area contributed by atoms with Crippen molar-refractivity contribution in [3.8, 4) is 11.5 Å². The van der Waals surface area contributed by atoms with Crippen LogP contribution in [0.2, 0.25) is 0 Å². The molecule has 1 atom stereocenters. The third kappa shape index (κ3) is 3.06. The Kier molecular flexibility index (Phi) is 4.46. The van der Waals surface area contributed by atoms with E-state index in [1.807, 2.05) is 25.2 Å². The molecule has 0 radical (unpaired) electrons. The highest BCUT2D eigenvalue weighted by Crippen LogP contribution is 2.35. The average molecular weight is 348 g/mol. The van der Waals surface area contributed by atoms with Gasteiger partial charge in [0.05, 0.1) is 19.3 Å². The molecule has 0 amide bonds. The number of nitrogens with one attached hydrogen (secondary N) is 1. The van der Waals surface area contributed by atoms with Crippen LogP contribution < -0.4 is 14.8 Å². The third-order valence-corrected chi connectivity index (χ3v) is 4.33. The second-order valence-corrected chi connectivity index (χ2v) is 5.85. The maximum absolute atomic E-state index is 5.79. The number of rotatable bonds is 3. The highest BCUT2D eigenvalue weighted by Gasteiger charge is 2.18. The second-order valence-electron chi connectivity index (χ2n) is 5.00. The molecule has 1 heterocycles. The van der Waals surface area contributed by atoms with Crippen molar-refractivity contribution in [2.24, 2.45) is 0 Å². The topological polar surface area (TPSA) is 30.5 Å². The van der Waals surface area contributed by atoms with Crippen LogP contribution in [-0.2, 0) is 0 Å². The number of hydrogen-bond donors (Lipinski definition) is 1. The van der Waals surface area contributed by atoms with Crippen molar-refractivity contribution in [2.75, 3.05) is 20.3 Å². The molecule has 3 nitrogen and oxygen atoms in total. The van der Waals surface area contributed by atoms with Gasteiger partial charge in [0.15, 0.2) is 11.5 Å². The lowest BCUT2D eigenvalue weighted by atomic mass is 9.98. The molecule has 1 N–H and O–H groups in total. The van der Waals surface area contributed by atoms with E-state index in [0.717, 1.165) is 28.0 Å². The maximum Gasteiger partial charge on any atom is 0.161 e.